The van der Waals surface area contributed by atoms with Crippen molar-refractivity contribution in [2.75, 3.05) is 5.32 Å². The largest absolute Gasteiger partial charge is 0.320 e. The molecule has 0 saturated heterocycles. The Bertz CT molecular complexity index is 653. The molecule has 0 unspecified atom stereocenters. The lowest BCUT2D eigenvalue weighted by Gasteiger charge is -2.03. The number of nitro groups is 1. The Morgan fingerprint density at radius 1 is 1.53 bits per heavy atom. The number of hydrogen-bond donors (Lipinski definition) is 1. The van der Waals surface area contributed by atoms with Gasteiger partial charge >= 0.3 is 5.69 Å². The van der Waals surface area contributed by atoms with Crippen molar-refractivity contribution in [2.45, 2.75) is 0 Å². The van der Waals surface area contributed by atoms with E-state index in [2.05, 4.69) is 10.4 Å². The van der Waals surface area contributed by atoms with Crippen molar-refractivity contribution in [1.29, 1.82) is 0 Å². The number of nitrogens with zero attached hydrogens (tertiary/aromatic N) is 3. The molecule has 0 bridgehead atoms. The molecule has 8 heteroatoms. The molecule has 98 valence electrons. The van der Waals surface area contributed by atoms with Crippen molar-refractivity contribution >= 4 is 28.9 Å². The van der Waals surface area contributed by atoms with Crippen molar-refractivity contribution in [2.24, 2.45) is 7.05 Å². The van der Waals surface area contributed by atoms with Gasteiger partial charge < -0.3 is 5.32 Å². The van der Waals surface area contributed by atoms with Gasteiger partial charge in [-0.25, -0.2) is 0 Å². The molecule has 1 amide bonds. The van der Waals surface area contributed by atoms with Crippen molar-refractivity contribution in [3.05, 3.63) is 51.3 Å². The molecule has 0 radical (unpaired) electrons. The summed E-state index contributed by atoms with van der Waals surface area (Å²) in [5.74, 6) is -0.658. The van der Waals surface area contributed by atoms with Gasteiger partial charge in [0.25, 0.3) is 5.91 Å². The average molecular weight is 281 g/mol. The van der Waals surface area contributed by atoms with E-state index in [9.17, 15) is 14.9 Å². The molecule has 0 fully saturated rings. The number of aryl methyl sites for hydroxylation is 1. The molecule has 2 rings (SSSR count). The van der Waals surface area contributed by atoms with Gasteiger partial charge in [0.1, 0.15) is 6.20 Å². The second-order valence-corrected chi connectivity index (χ2v) is 4.19. The van der Waals surface area contributed by atoms with Crippen LogP contribution in [0.2, 0.25) is 5.02 Å². The van der Waals surface area contributed by atoms with Crippen LogP contribution in [0.15, 0.2) is 30.5 Å². The summed E-state index contributed by atoms with van der Waals surface area (Å²) >= 11 is 5.78. The summed E-state index contributed by atoms with van der Waals surface area (Å²) in [5.41, 5.74) is -0.146. The minimum atomic E-state index is -0.658. The molecular formula is C11H9ClN4O3. The lowest BCUT2D eigenvalue weighted by atomic mass is 10.3. The molecular weight excluding hydrogens is 272 g/mol. The fourth-order valence-corrected chi connectivity index (χ4v) is 1.72. The molecule has 0 atom stereocenters. The Hall–Kier alpha value is -2.41. The maximum Gasteiger partial charge on any atom is 0.320 e. The van der Waals surface area contributed by atoms with Crippen molar-refractivity contribution < 1.29 is 9.72 Å². The van der Waals surface area contributed by atoms with Crippen molar-refractivity contribution in [3.8, 4) is 0 Å². The predicted octanol–water partition coefficient (Wildman–Crippen LogP) is 2.23. The third-order valence-electron chi connectivity index (χ3n) is 2.30. The van der Waals surface area contributed by atoms with Crippen molar-refractivity contribution in [3.63, 3.8) is 0 Å². The lowest BCUT2D eigenvalue weighted by molar-refractivity contribution is -0.385. The number of carbonyl (C=O) groups is 1. The fraction of sp³-hybridized carbons (Fsp3) is 0.0909. The van der Waals surface area contributed by atoms with Gasteiger partial charge in [0.15, 0.2) is 0 Å². The Morgan fingerprint density at radius 2 is 2.26 bits per heavy atom. The summed E-state index contributed by atoms with van der Waals surface area (Å²) in [4.78, 5) is 22.1. The Morgan fingerprint density at radius 3 is 2.89 bits per heavy atom. The number of aromatic nitrogens is 2. The molecule has 1 N–H and O–H groups in total. The summed E-state index contributed by atoms with van der Waals surface area (Å²) in [6.45, 7) is 0. The van der Waals surface area contributed by atoms with E-state index in [-0.39, 0.29) is 11.4 Å². The molecule has 2 aromatic rings. The van der Waals surface area contributed by atoms with Crippen LogP contribution in [-0.2, 0) is 7.05 Å². The number of amides is 1. The van der Waals surface area contributed by atoms with E-state index in [0.717, 1.165) is 0 Å². The number of carbonyl (C=O) groups excluding carboxylic acids is 1. The first-order chi connectivity index (χ1) is 8.97. The fourth-order valence-electron chi connectivity index (χ4n) is 1.53. The van der Waals surface area contributed by atoms with Gasteiger partial charge in [0.2, 0.25) is 5.69 Å². The number of nitrogens with one attached hydrogen (secondary N) is 1. The second kappa shape index (κ2) is 5.07. The standard InChI is InChI=1S/C11H9ClN4O3/c1-15-6-9(16(18)19)10(14-15)11(17)13-8-4-2-3-7(12)5-8/h2-6H,1H3,(H,13,17). The van der Waals surface area contributed by atoms with Crippen LogP contribution >= 0.6 is 11.6 Å². The van der Waals surface area contributed by atoms with E-state index in [0.29, 0.717) is 10.7 Å². The zero-order valence-corrected chi connectivity index (χ0v) is 10.6. The summed E-state index contributed by atoms with van der Waals surface area (Å²) < 4.78 is 1.21. The molecule has 1 heterocycles. The molecule has 0 saturated carbocycles. The summed E-state index contributed by atoms with van der Waals surface area (Å²) in [6, 6.07) is 6.47. The maximum atomic E-state index is 11.9. The van der Waals surface area contributed by atoms with E-state index in [1.165, 1.54) is 24.0 Å². The lowest BCUT2D eigenvalue weighted by Crippen LogP contribution is -2.14. The van der Waals surface area contributed by atoms with Gasteiger partial charge in [0.05, 0.1) is 4.92 Å². The minimum absolute atomic E-state index is 0.243. The number of benzene rings is 1. The first-order valence-electron chi connectivity index (χ1n) is 5.22. The highest BCUT2D eigenvalue weighted by Gasteiger charge is 2.24. The predicted molar refractivity (Wildman–Crippen MR) is 69.3 cm³/mol. The van der Waals surface area contributed by atoms with Crippen LogP contribution in [0, 0.1) is 10.1 Å². The number of anilines is 1. The normalized spacial score (nSPS) is 10.2. The highest BCUT2D eigenvalue weighted by atomic mass is 35.5. The monoisotopic (exact) mass is 280 g/mol. The minimum Gasteiger partial charge on any atom is -0.320 e. The van der Waals surface area contributed by atoms with Crippen LogP contribution in [0.5, 0.6) is 0 Å². The van der Waals surface area contributed by atoms with E-state index >= 15 is 0 Å². The molecule has 0 aliphatic carbocycles. The van der Waals surface area contributed by atoms with Crippen LogP contribution in [0.4, 0.5) is 11.4 Å². The Kier molecular flexibility index (Phi) is 3.48. The third kappa shape index (κ3) is 2.89. The van der Waals surface area contributed by atoms with Gasteiger partial charge in [-0.2, -0.15) is 5.10 Å². The molecule has 1 aromatic heterocycles. The highest BCUT2D eigenvalue weighted by Crippen LogP contribution is 2.19. The molecule has 0 aliphatic heterocycles. The van der Waals surface area contributed by atoms with Crippen LogP contribution in [-0.4, -0.2) is 20.6 Å². The van der Waals surface area contributed by atoms with Crippen LogP contribution in [0.1, 0.15) is 10.5 Å². The van der Waals surface area contributed by atoms with Crippen LogP contribution < -0.4 is 5.32 Å². The number of halogens is 1. The first-order valence-corrected chi connectivity index (χ1v) is 5.60. The van der Waals surface area contributed by atoms with Gasteiger partial charge in [0, 0.05) is 17.8 Å². The summed E-state index contributed by atoms with van der Waals surface area (Å²) in [6.07, 6.45) is 1.17. The Balaban J connectivity index is 2.28. The number of hydrogen-bond acceptors (Lipinski definition) is 4. The topological polar surface area (TPSA) is 90.1 Å². The first kappa shape index (κ1) is 13.0. The van der Waals surface area contributed by atoms with Crippen molar-refractivity contribution in [1.82, 2.24) is 9.78 Å². The zero-order chi connectivity index (χ0) is 14.0. The molecule has 1 aromatic carbocycles. The SMILES string of the molecule is Cn1cc([N+](=O)[O-])c(C(=O)Nc2cccc(Cl)c2)n1. The maximum absolute atomic E-state index is 11.9. The van der Waals surface area contributed by atoms with Gasteiger partial charge in [-0.15, -0.1) is 0 Å². The van der Waals surface area contributed by atoms with Gasteiger partial charge in [-0.1, -0.05) is 17.7 Å². The quantitative estimate of drug-likeness (QED) is 0.689. The van der Waals surface area contributed by atoms with E-state index in [1.54, 1.807) is 18.2 Å². The zero-order valence-electron chi connectivity index (χ0n) is 9.83. The third-order valence-corrected chi connectivity index (χ3v) is 2.54. The molecule has 19 heavy (non-hydrogen) atoms. The van der Waals surface area contributed by atoms with E-state index < -0.39 is 10.8 Å². The number of rotatable bonds is 3. The highest BCUT2D eigenvalue weighted by molar-refractivity contribution is 6.30. The molecule has 7 nitrogen and oxygen atoms in total. The van der Waals surface area contributed by atoms with E-state index in [1.807, 2.05) is 0 Å². The van der Waals surface area contributed by atoms with Gasteiger partial charge in [-0.05, 0) is 18.2 Å². The average Bonchev–Trinajstić information content (AvgIpc) is 2.71. The van der Waals surface area contributed by atoms with E-state index in [4.69, 9.17) is 11.6 Å². The smallest absolute Gasteiger partial charge is 0.320 e. The van der Waals surface area contributed by atoms with Crippen LogP contribution in [0.3, 0.4) is 0 Å². The van der Waals surface area contributed by atoms with Gasteiger partial charge in [-0.3, -0.25) is 19.6 Å². The summed E-state index contributed by atoms with van der Waals surface area (Å²) in [5, 5.41) is 17.5. The Labute approximate surface area is 112 Å². The molecule has 0 aliphatic rings. The summed E-state index contributed by atoms with van der Waals surface area (Å²) in [7, 11) is 1.50. The molecule has 0 spiro atoms. The van der Waals surface area contributed by atoms with Crippen LogP contribution in [0.25, 0.3) is 0 Å². The second-order valence-electron chi connectivity index (χ2n) is 3.76.